The molecule has 0 aliphatic rings. The van der Waals surface area contributed by atoms with Crippen molar-refractivity contribution in [3.8, 4) is 0 Å². The fourth-order valence-electron chi connectivity index (χ4n) is 1.32. The molecule has 0 aliphatic heterocycles. The number of nitro groups is 2. The molecule has 17 heavy (non-hydrogen) atoms. The molecule has 0 bridgehead atoms. The Bertz CT molecular complexity index is 401. The number of non-ortho nitro benzene ring substituents is 2. The second kappa shape index (κ2) is 5.78. The summed E-state index contributed by atoms with van der Waals surface area (Å²) in [5.74, 6) is 0. The highest BCUT2D eigenvalue weighted by Crippen LogP contribution is 2.25. The molecule has 1 N–H and O–H groups in total. The Morgan fingerprint density at radius 3 is 2.06 bits per heavy atom. The largest absolute Gasteiger partial charge is 0.385 e. The standard InChI is InChI=1S/C10H13N3O4/c1-2-3-4-11-8-5-9(12(14)15)7-10(6-8)13(16)17/h5-7,11H,2-4H2,1H3. The third-order valence-electron chi connectivity index (χ3n) is 2.18. The van der Waals surface area contributed by atoms with Gasteiger partial charge in [0.05, 0.1) is 15.9 Å². The number of nitro benzene ring substituents is 2. The van der Waals surface area contributed by atoms with E-state index in [0.717, 1.165) is 18.9 Å². The summed E-state index contributed by atoms with van der Waals surface area (Å²) in [6.07, 6.45) is 1.88. The van der Waals surface area contributed by atoms with Crippen LogP contribution in [-0.4, -0.2) is 16.4 Å². The highest BCUT2D eigenvalue weighted by atomic mass is 16.6. The summed E-state index contributed by atoms with van der Waals surface area (Å²) in [6.45, 7) is 2.65. The third kappa shape index (κ3) is 3.71. The highest BCUT2D eigenvalue weighted by molar-refractivity contribution is 5.58. The van der Waals surface area contributed by atoms with Crippen LogP contribution < -0.4 is 5.32 Å². The Hall–Kier alpha value is -2.18. The summed E-state index contributed by atoms with van der Waals surface area (Å²) in [5.41, 5.74) is -0.157. The van der Waals surface area contributed by atoms with Gasteiger partial charge in [0.2, 0.25) is 0 Å². The van der Waals surface area contributed by atoms with E-state index in [-0.39, 0.29) is 11.4 Å². The fourth-order valence-corrected chi connectivity index (χ4v) is 1.32. The summed E-state index contributed by atoms with van der Waals surface area (Å²) in [4.78, 5) is 19.9. The number of nitrogens with zero attached hydrogens (tertiary/aromatic N) is 2. The molecule has 0 saturated carbocycles. The van der Waals surface area contributed by atoms with Gasteiger partial charge in [-0.15, -0.1) is 0 Å². The quantitative estimate of drug-likeness (QED) is 0.467. The van der Waals surface area contributed by atoms with Gasteiger partial charge in [-0.2, -0.15) is 0 Å². The maximum Gasteiger partial charge on any atom is 0.278 e. The molecule has 0 radical (unpaired) electrons. The number of nitrogens with one attached hydrogen (secondary N) is 1. The number of hydrogen-bond donors (Lipinski definition) is 1. The van der Waals surface area contributed by atoms with E-state index in [1.54, 1.807) is 0 Å². The van der Waals surface area contributed by atoms with E-state index in [1.807, 2.05) is 6.92 Å². The average molecular weight is 239 g/mol. The van der Waals surface area contributed by atoms with Crippen molar-refractivity contribution >= 4 is 17.1 Å². The molecule has 0 amide bonds. The van der Waals surface area contributed by atoms with Crippen LogP contribution in [0, 0.1) is 20.2 Å². The molecule has 7 nitrogen and oxygen atoms in total. The number of anilines is 1. The zero-order valence-corrected chi connectivity index (χ0v) is 9.38. The van der Waals surface area contributed by atoms with Crippen molar-refractivity contribution in [1.82, 2.24) is 0 Å². The first-order valence-corrected chi connectivity index (χ1v) is 5.22. The van der Waals surface area contributed by atoms with Gasteiger partial charge in [0.15, 0.2) is 0 Å². The molecule has 1 aromatic carbocycles. The number of rotatable bonds is 6. The topological polar surface area (TPSA) is 98.3 Å². The Labute approximate surface area is 97.7 Å². The molecule has 0 heterocycles. The minimum Gasteiger partial charge on any atom is -0.385 e. The molecule has 0 aliphatic carbocycles. The SMILES string of the molecule is CCCCNc1cc([N+](=O)[O-])cc([N+](=O)[O-])c1. The lowest BCUT2D eigenvalue weighted by Gasteiger charge is -2.05. The maximum atomic E-state index is 10.6. The van der Waals surface area contributed by atoms with Gasteiger partial charge in [0.1, 0.15) is 0 Å². The van der Waals surface area contributed by atoms with Gasteiger partial charge in [-0.05, 0) is 6.42 Å². The molecule has 0 atom stereocenters. The normalized spacial score (nSPS) is 9.94. The smallest absolute Gasteiger partial charge is 0.278 e. The van der Waals surface area contributed by atoms with E-state index in [0.29, 0.717) is 12.2 Å². The van der Waals surface area contributed by atoms with E-state index in [2.05, 4.69) is 5.32 Å². The molecule has 7 heteroatoms. The predicted molar refractivity (Wildman–Crippen MR) is 63.1 cm³/mol. The summed E-state index contributed by atoms with van der Waals surface area (Å²) >= 11 is 0. The van der Waals surface area contributed by atoms with Crippen LogP contribution in [-0.2, 0) is 0 Å². The van der Waals surface area contributed by atoms with E-state index < -0.39 is 9.85 Å². The van der Waals surface area contributed by atoms with Crippen LogP contribution in [0.1, 0.15) is 19.8 Å². The van der Waals surface area contributed by atoms with Crippen molar-refractivity contribution in [3.63, 3.8) is 0 Å². The Morgan fingerprint density at radius 2 is 1.65 bits per heavy atom. The van der Waals surface area contributed by atoms with Crippen LogP contribution in [0.15, 0.2) is 18.2 Å². The van der Waals surface area contributed by atoms with Crippen molar-refractivity contribution in [2.24, 2.45) is 0 Å². The summed E-state index contributed by atoms with van der Waals surface area (Å²) in [7, 11) is 0. The van der Waals surface area contributed by atoms with E-state index in [9.17, 15) is 20.2 Å². The lowest BCUT2D eigenvalue weighted by atomic mass is 10.2. The summed E-state index contributed by atoms with van der Waals surface area (Å²) in [5, 5.41) is 24.2. The number of hydrogen-bond acceptors (Lipinski definition) is 5. The molecule has 1 aromatic rings. The van der Waals surface area contributed by atoms with Crippen LogP contribution in [0.3, 0.4) is 0 Å². The van der Waals surface area contributed by atoms with Crippen LogP contribution >= 0.6 is 0 Å². The Balaban J connectivity index is 2.95. The van der Waals surface area contributed by atoms with Gasteiger partial charge < -0.3 is 5.32 Å². The van der Waals surface area contributed by atoms with Crippen LogP contribution in [0.2, 0.25) is 0 Å². The van der Waals surface area contributed by atoms with Crippen molar-refractivity contribution < 1.29 is 9.85 Å². The van der Waals surface area contributed by atoms with Crippen LogP contribution in [0.4, 0.5) is 17.1 Å². The molecule has 0 fully saturated rings. The monoisotopic (exact) mass is 239 g/mol. The molecule has 0 unspecified atom stereocenters. The van der Waals surface area contributed by atoms with Crippen LogP contribution in [0.5, 0.6) is 0 Å². The molecular formula is C10H13N3O4. The second-order valence-electron chi connectivity index (χ2n) is 3.53. The lowest BCUT2D eigenvalue weighted by Crippen LogP contribution is -2.02. The molecule has 0 aromatic heterocycles. The summed E-state index contributed by atoms with van der Waals surface area (Å²) in [6, 6.07) is 3.54. The second-order valence-corrected chi connectivity index (χ2v) is 3.53. The van der Waals surface area contributed by atoms with Crippen LogP contribution in [0.25, 0.3) is 0 Å². The molecule has 1 rings (SSSR count). The minimum atomic E-state index is -0.641. The van der Waals surface area contributed by atoms with Crippen molar-refractivity contribution in [2.45, 2.75) is 19.8 Å². The van der Waals surface area contributed by atoms with Gasteiger partial charge in [0, 0.05) is 24.4 Å². The Morgan fingerprint density at radius 1 is 1.12 bits per heavy atom. The van der Waals surface area contributed by atoms with Gasteiger partial charge in [0.25, 0.3) is 11.4 Å². The molecule has 0 saturated heterocycles. The number of benzene rings is 1. The minimum absolute atomic E-state index is 0.279. The van der Waals surface area contributed by atoms with Gasteiger partial charge in [-0.1, -0.05) is 13.3 Å². The van der Waals surface area contributed by atoms with Crippen molar-refractivity contribution in [1.29, 1.82) is 0 Å². The van der Waals surface area contributed by atoms with E-state index in [1.165, 1.54) is 12.1 Å². The number of unbranched alkanes of at least 4 members (excludes halogenated alkanes) is 1. The first kappa shape index (κ1) is 12.9. The van der Waals surface area contributed by atoms with Crippen molar-refractivity contribution in [3.05, 3.63) is 38.4 Å². The third-order valence-corrected chi connectivity index (χ3v) is 2.18. The first-order chi connectivity index (χ1) is 8.04. The highest BCUT2D eigenvalue weighted by Gasteiger charge is 2.15. The van der Waals surface area contributed by atoms with Gasteiger partial charge in [-0.25, -0.2) is 0 Å². The van der Waals surface area contributed by atoms with Crippen molar-refractivity contribution in [2.75, 3.05) is 11.9 Å². The molecule has 0 spiro atoms. The van der Waals surface area contributed by atoms with E-state index >= 15 is 0 Å². The zero-order valence-electron chi connectivity index (χ0n) is 9.38. The van der Waals surface area contributed by atoms with Gasteiger partial charge in [-0.3, -0.25) is 20.2 Å². The fraction of sp³-hybridized carbons (Fsp3) is 0.400. The first-order valence-electron chi connectivity index (χ1n) is 5.22. The molecule has 92 valence electrons. The zero-order chi connectivity index (χ0) is 12.8. The average Bonchev–Trinajstić information content (AvgIpc) is 2.29. The van der Waals surface area contributed by atoms with E-state index in [4.69, 9.17) is 0 Å². The summed E-state index contributed by atoms with van der Waals surface area (Å²) < 4.78 is 0. The predicted octanol–water partition coefficient (Wildman–Crippen LogP) is 2.72. The maximum absolute atomic E-state index is 10.6. The van der Waals surface area contributed by atoms with Gasteiger partial charge >= 0.3 is 0 Å². The lowest BCUT2D eigenvalue weighted by molar-refractivity contribution is -0.394. The molecular weight excluding hydrogens is 226 g/mol. The Kier molecular flexibility index (Phi) is 4.38.